The molecule has 0 spiro atoms. The van der Waals surface area contributed by atoms with E-state index >= 15 is 0 Å². The topological polar surface area (TPSA) is 84.7 Å². The summed E-state index contributed by atoms with van der Waals surface area (Å²) < 4.78 is 9.88. The van der Waals surface area contributed by atoms with Crippen LogP contribution in [0.5, 0.6) is 0 Å². The van der Waals surface area contributed by atoms with Gasteiger partial charge < -0.3 is 19.4 Å². The number of aryl methyl sites for hydroxylation is 2. The molecular formula is C18H23N3O4. The summed E-state index contributed by atoms with van der Waals surface area (Å²) in [4.78, 5) is 29.8. The predicted octanol–water partition coefficient (Wildman–Crippen LogP) is 3.52. The van der Waals surface area contributed by atoms with Crippen LogP contribution in [0.15, 0.2) is 28.9 Å². The first kappa shape index (κ1) is 18.5. The minimum absolute atomic E-state index is 0.0871. The molecule has 2 rings (SSSR count). The minimum Gasteiger partial charge on any atom is -0.464 e. The van der Waals surface area contributed by atoms with E-state index in [0.29, 0.717) is 6.54 Å². The molecule has 1 aromatic heterocycles. The Kier molecular flexibility index (Phi) is 6.16. The average molecular weight is 345 g/mol. The number of ether oxygens (including phenoxy) is 1. The van der Waals surface area contributed by atoms with Gasteiger partial charge in [-0.15, -0.1) is 0 Å². The quantitative estimate of drug-likeness (QED) is 0.810. The summed E-state index contributed by atoms with van der Waals surface area (Å²) in [5, 5.41) is 2.95. The van der Waals surface area contributed by atoms with Crippen LogP contribution in [-0.2, 0) is 11.3 Å². The molecule has 0 saturated heterocycles. The number of hydrogen-bond acceptors (Lipinski definition) is 5. The number of nitrogens with one attached hydrogen (secondary N) is 1. The molecule has 0 aliphatic rings. The maximum atomic E-state index is 12.7. The van der Waals surface area contributed by atoms with Gasteiger partial charge in [0.25, 0.3) is 0 Å². The second-order valence-electron chi connectivity index (χ2n) is 5.74. The van der Waals surface area contributed by atoms with Crippen molar-refractivity contribution in [1.29, 1.82) is 0 Å². The molecule has 7 nitrogen and oxygen atoms in total. The van der Waals surface area contributed by atoms with Crippen molar-refractivity contribution < 1.29 is 18.7 Å². The number of hydrogen-bond donors (Lipinski definition) is 1. The van der Waals surface area contributed by atoms with Gasteiger partial charge in [-0.05, 0) is 31.4 Å². The van der Waals surface area contributed by atoms with E-state index in [4.69, 9.17) is 4.42 Å². The van der Waals surface area contributed by atoms with E-state index in [1.54, 1.807) is 4.90 Å². The summed E-state index contributed by atoms with van der Waals surface area (Å²) in [7, 11) is 1.28. The Morgan fingerprint density at radius 2 is 1.96 bits per heavy atom. The van der Waals surface area contributed by atoms with E-state index < -0.39 is 5.97 Å². The first-order chi connectivity index (χ1) is 12.0. The van der Waals surface area contributed by atoms with Gasteiger partial charge in [0.1, 0.15) is 6.26 Å². The Labute approximate surface area is 147 Å². The lowest BCUT2D eigenvalue weighted by atomic mass is 10.1. The summed E-state index contributed by atoms with van der Waals surface area (Å²) in [5.41, 5.74) is 2.88. The standard InChI is InChI=1S/C18H23N3O4/c1-5-9-21(10-15-19-14(11-25-15)17(22)24-4)18(23)20-16-12(2)7-6-8-13(16)3/h6-8,11H,5,9-10H2,1-4H3,(H,20,23). The number of urea groups is 1. The molecule has 25 heavy (non-hydrogen) atoms. The molecule has 0 fully saturated rings. The fraction of sp³-hybridized carbons (Fsp3) is 0.389. The highest BCUT2D eigenvalue weighted by Gasteiger charge is 2.19. The predicted molar refractivity (Wildman–Crippen MR) is 93.5 cm³/mol. The van der Waals surface area contributed by atoms with Crippen molar-refractivity contribution in [3.8, 4) is 0 Å². The number of aromatic nitrogens is 1. The zero-order valence-corrected chi connectivity index (χ0v) is 15.0. The Balaban J connectivity index is 2.13. The number of oxazole rings is 1. The lowest BCUT2D eigenvalue weighted by molar-refractivity contribution is 0.0594. The molecule has 1 N–H and O–H groups in total. The molecule has 1 aromatic carbocycles. The zero-order chi connectivity index (χ0) is 18.4. The summed E-state index contributed by atoms with van der Waals surface area (Å²) in [6.07, 6.45) is 2.01. The molecule has 2 amide bonds. The van der Waals surface area contributed by atoms with Gasteiger partial charge in [-0.1, -0.05) is 25.1 Å². The number of esters is 1. The fourth-order valence-corrected chi connectivity index (χ4v) is 2.47. The number of carbonyl (C=O) groups is 2. The minimum atomic E-state index is -0.572. The molecule has 0 bridgehead atoms. The zero-order valence-electron chi connectivity index (χ0n) is 15.0. The van der Waals surface area contributed by atoms with Crippen LogP contribution < -0.4 is 5.32 Å². The van der Waals surface area contributed by atoms with Crippen LogP contribution in [-0.4, -0.2) is 35.5 Å². The maximum Gasteiger partial charge on any atom is 0.360 e. The first-order valence-electron chi connectivity index (χ1n) is 8.11. The maximum absolute atomic E-state index is 12.7. The fourth-order valence-electron chi connectivity index (χ4n) is 2.47. The molecule has 0 saturated carbocycles. The van der Waals surface area contributed by atoms with Crippen LogP contribution in [0.2, 0.25) is 0 Å². The summed E-state index contributed by atoms with van der Waals surface area (Å²) in [5.74, 6) is -0.289. The number of carbonyl (C=O) groups excluding carboxylic acids is 2. The molecule has 1 heterocycles. The summed E-state index contributed by atoms with van der Waals surface area (Å²) in [6, 6.07) is 5.61. The van der Waals surface area contributed by atoms with Crippen molar-refractivity contribution in [3.63, 3.8) is 0 Å². The van der Waals surface area contributed by atoms with E-state index in [2.05, 4.69) is 15.0 Å². The molecule has 2 aromatic rings. The molecule has 0 atom stereocenters. The highest BCUT2D eigenvalue weighted by Crippen LogP contribution is 2.20. The van der Waals surface area contributed by atoms with E-state index in [9.17, 15) is 9.59 Å². The van der Waals surface area contributed by atoms with Gasteiger partial charge in [0.2, 0.25) is 5.89 Å². The SMILES string of the molecule is CCCN(Cc1nc(C(=O)OC)co1)C(=O)Nc1c(C)cccc1C. The lowest BCUT2D eigenvalue weighted by Gasteiger charge is -2.22. The van der Waals surface area contributed by atoms with E-state index in [0.717, 1.165) is 23.2 Å². The first-order valence-corrected chi connectivity index (χ1v) is 8.11. The van der Waals surface area contributed by atoms with E-state index in [-0.39, 0.29) is 24.2 Å². The van der Waals surface area contributed by atoms with Gasteiger partial charge in [0.05, 0.1) is 13.7 Å². The number of benzene rings is 1. The van der Waals surface area contributed by atoms with Crippen molar-refractivity contribution in [2.75, 3.05) is 19.0 Å². The van der Waals surface area contributed by atoms with Crippen LogP contribution in [0.4, 0.5) is 10.5 Å². The number of amides is 2. The molecule has 0 aliphatic heterocycles. The second-order valence-corrected chi connectivity index (χ2v) is 5.74. The van der Waals surface area contributed by atoms with Crippen molar-refractivity contribution in [1.82, 2.24) is 9.88 Å². The third kappa shape index (κ3) is 4.59. The Morgan fingerprint density at radius 1 is 1.28 bits per heavy atom. The number of rotatable bonds is 6. The Bertz CT molecular complexity index is 734. The van der Waals surface area contributed by atoms with Crippen LogP contribution in [0.1, 0.15) is 40.9 Å². The Hall–Kier alpha value is -2.83. The van der Waals surface area contributed by atoms with Gasteiger partial charge in [0.15, 0.2) is 5.69 Å². The summed E-state index contributed by atoms with van der Waals surface area (Å²) in [6.45, 7) is 6.58. The van der Waals surface area contributed by atoms with E-state index in [1.165, 1.54) is 13.4 Å². The molecular weight excluding hydrogens is 322 g/mol. The van der Waals surface area contributed by atoms with Crippen molar-refractivity contribution >= 4 is 17.7 Å². The van der Waals surface area contributed by atoms with Crippen molar-refractivity contribution in [3.05, 3.63) is 47.2 Å². The largest absolute Gasteiger partial charge is 0.464 e. The molecule has 0 radical (unpaired) electrons. The van der Waals surface area contributed by atoms with Gasteiger partial charge in [-0.2, -0.15) is 0 Å². The van der Waals surface area contributed by atoms with Gasteiger partial charge in [-0.25, -0.2) is 14.6 Å². The van der Waals surface area contributed by atoms with E-state index in [1.807, 2.05) is 39.0 Å². The van der Waals surface area contributed by atoms with Crippen LogP contribution >= 0.6 is 0 Å². The highest BCUT2D eigenvalue weighted by molar-refractivity contribution is 5.91. The monoisotopic (exact) mass is 345 g/mol. The molecule has 7 heteroatoms. The second kappa shape index (κ2) is 8.32. The normalized spacial score (nSPS) is 10.4. The van der Waals surface area contributed by atoms with Crippen LogP contribution in [0.3, 0.4) is 0 Å². The van der Waals surface area contributed by atoms with Crippen LogP contribution in [0.25, 0.3) is 0 Å². The third-order valence-corrected chi connectivity index (χ3v) is 3.77. The number of methoxy groups -OCH3 is 1. The Morgan fingerprint density at radius 3 is 2.56 bits per heavy atom. The molecule has 134 valence electrons. The smallest absolute Gasteiger partial charge is 0.360 e. The number of para-hydroxylation sites is 1. The van der Waals surface area contributed by atoms with Crippen molar-refractivity contribution in [2.24, 2.45) is 0 Å². The van der Waals surface area contributed by atoms with Crippen LogP contribution in [0, 0.1) is 13.8 Å². The third-order valence-electron chi connectivity index (χ3n) is 3.77. The lowest BCUT2D eigenvalue weighted by Crippen LogP contribution is -2.35. The van der Waals surface area contributed by atoms with Crippen molar-refractivity contribution in [2.45, 2.75) is 33.7 Å². The molecule has 0 unspecified atom stereocenters. The summed E-state index contributed by atoms with van der Waals surface area (Å²) >= 11 is 0. The van der Waals surface area contributed by atoms with Gasteiger partial charge in [-0.3, -0.25) is 0 Å². The number of anilines is 1. The highest BCUT2D eigenvalue weighted by atomic mass is 16.5. The average Bonchev–Trinajstić information content (AvgIpc) is 3.05. The number of nitrogens with zero attached hydrogens (tertiary/aromatic N) is 2. The molecule has 0 aliphatic carbocycles. The van der Waals surface area contributed by atoms with Gasteiger partial charge >= 0.3 is 12.0 Å². The van der Waals surface area contributed by atoms with Gasteiger partial charge in [0, 0.05) is 12.2 Å².